The summed E-state index contributed by atoms with van der Waals surface area (Å²) in [6.45, 7) is 0.407. The minimum absolute atomic E-state index is 0.236. The Morgan fingerprint density at radius 2 is 1.80 bits per heavy atom. The lowest BCUT2D eigenvalue weighted by Gasteiger charge is -2.35. The molecule has 3 atom stereocenters. The van der Waals surface area contributed by atoms with Crippen LogP contribution in [0.2, 0.25) is 0 Å². The normalized spacial score (nSPS) is 32.8. The lowest BCUT2D eigenvalue weighted by Crippen LogP contribution is -2.55. The highest BCUT2D eigenvalue weighted by Crippen LogP contribution is 2.22. The third-order valence-electron chi connectivity index (χ3n) is 4.24. The molecule has 0 aromatic heterocycles. The molecule has 116 valence electrons. The van der Waals surface area contributed by atoms with Gasteiger partial charge in [-0.25, -0.2) is 8.42 Å². The molecule has 1 saturated heterocycles. The summed E-state index contributed by atoms with van der Waals surface area (Å²) in [5.41, 5.74) is 0. The van der Waals surface area contributed by atoms with Crippen LogP contribution in [0.5, 0.6) is 0 Å². The van der Waals surface area contributed by atoms with Crippen LogP contribution in [0, 0.1) is 0 Å². The predicted molar refractivity (Wildman–Crippen MR) is 75.6 cm³/mol. The maximum absolute atomic E-state index is 12.3. The Hall–Kier alpha value is -0.660. The number of amides is 1. The minimum atomic E-state index is -3.36. The van der Waals surface area contributed by atoms with Crippen LogP contribution < -0.4 is 5.32 Å². The predicted octanol–water partition coefficient (Wildman–Crippen LogP) is 0.220. The van der Waals surface area contributed by atoms with Gasteiger partial charge in [-0.2, -0.15) is 4.31 Å². The average molecular weight is 304 g/mol. The van der Waals surface area contributed by atoms with Crippen molar-refractivity contribution in [2.24, 2.45) is 0 Å². The van der Waals surface area contributed by atoms with E-state index in [9.17, 15) is 18.3 Å². The van der Waals surface area contributed by atoms with Gasteiger partial charge in [0.1, 0.15) is 6.04 Å². The first-order valence-corrected chi connectivity index (χ1v) is 9.19. The van der Waals surface area contributed by atoms with Crippen LogP contribution in [-0.4, -0.2) is 54.7 Å². The van der Waals surface area contributed by atoms with Crippen LogP contribution in [0.25, 0.3) is 0 Å². The summed E-state index contributed by atoms with van der Waals surface area (Å²) < 4.78 is 24.8. The number of nitrogens with one attached hydrogen (secondary N) is 1. The third-order valence-corrected chi connectivity index (χ3v) is 5.53. The molecule has 2 fully saturated rings. The van der Waals surface area contributed by atoms with Gasteiger partial charge >= 0.3 is 0 Å². The van der Waals surface area contributed by atoms with Gasteiger partial charge in [0.05, 0.1) is 18.4 Å². The number of carbonyl (C=O) groups excluding carboxylic acids is 1. The highest BCUT2D eigenvalue weighted by molar-refractivity contribution is 7.88. The summed E-state index contributed by atoms with van der Waals surface area (Å²) >= 11 is 0. The largest absolute Gasteiger partial charge is 0.391 e. The van der Waals surface area contributed by atoms with Crippen molar-refractivity contribution in [2.45, 2.75) is 63.1 Å². The van der Waals surface area contributed by atoms with Crippen LogP contribution in [-0.2, 0) is 14.8 Å². The van der Waals surface area contributed by atoms with Crippen molar-refractivity contribution in [1.29, 1.82) is 0 Å². The van der Waals surface area contributed by atoms with E-state index in [1.807, 2.05) is 0 Å². The molecule has 1 heterocycles. The Morgan fingerprint density at radius 3 is 2.45 bits per heavy atom. The Bertz CT molecular complexity index is 451. The second-order valence-corrected chi connectivity index (χ2v) is 7.79. The summed E-state index contributed by atoms with van der Waals surface area (Å²) in [5, 5.41) is 12.7. The van der Waals surface area contributed by atoms with E-state index >= 15 is 0 Å². The third kappa shape index (κ3) is 3.71. The Kier molecular flexibility index (Phi) is 5.04. The van der Waals surface area contributed by atoms with Gasteiger partial charge in [0.2, 0.25) is 15.9 Å². The second-order valence-electron chi connectivity index (χ2n) is 5.85. The first kappa shape index (κ1) is 15.7. The number of hydrogen-bond donors (Lipinski definition) is 2. The summed E-state index contributed by atoms with van der Waals surface area (Å²) in [6.07, 6.45) is 6.28. The monoisotopic (exact) mass is 304 g/mol. The summed E-state index contributed by atoms with van der Waals surface area (Å²) in [7, 11) is -3.36. The van der Waals surface area contributed by atoms with Gasteiger partial charge in [-0.05, 0) is 25.7 Å². The van der Waals surface area contributed by atoms with Gasteiger partial charge in [0.25, 0.3) is 0 Å². The van der Waals surface area contributed by atoms with Gasteiger partial charge in [-0.3, -0.25) is 4.79 Å². The molecule has 1 aliphatic heterocycles. The van der Waals surface area contributed by atoms with Gasteiger partial charge in [-0.15, -0.1) is 0 Å². The smallest absolute Gasteiger partial charge is 0.238 e. The fourth-order valence-electron chi connectivity index (χ4n) is 3.12. The fourth-order valence-corrected chi connectivity index (χ4v) is 4.25. The molecule has 2 rings (SSSR count). The number of rotatable bonds is 3. The quantitative estimate of drug-likeness (QED) is 0.781. The van der Waals surface area contributed by atoms with Crippen LogP contribution >= 0.6 is 0 Å². The van der Waals surface area contributed by atoms with Crippen LogP contribution in [0.4, 0.5) is 0 Å². The molecular formula is C13H24N2O4S. The van der Waals surface area contributed by atoms with E-state index in [4.69, 9.17) is 0 Å². The SMILES string of the molecule is CS(=O)(=O)N1CCCCC1C(=O)N[C@@H]1CCCC[C@H]1O. The van der Waals surface area contributed by atoms with E-state index in [1.54, 1.807) is 0 Å². The molecular weight excluding hydrogens is 280 g/mol. The number of piperidine rings is 1. The topological polar surface area (TPSA) is 86.7 Å². The molecule has 1 saturated carbocycles. The van der Waals surface area contributed by atoms with Crippen molar-refractivity contribution in [3.63, 3.8) is 0 Å². The summed E-state index contributed by atoms with van der Waals surface area (Å²) in [4.78, 5) is 12.3. The van der Waals surface area contributed by atoms with E-state index in [0.717, 1.165) is 38.4 Å². The number of sulfonamides is 1. The molecule has 1 unspecified atom stereocenters. The van der Waals surface area contributed by atoms with Crippen molar-refractivity contribution < 1.29 is 18.3 Å². The zero-order chi connectivity index (χ0) is 14.8. The van der Waals surface area contributed by atoms with Crippen molar-refractivity contribution in [3.05, 3.63) is 0 Å². The number of hydrogen-bond acceptors (Lipinski definition) is 4. The standard InChI is InChI=1S/C13H24N2O4S/c1-20(18,19)15-9-5-4-7-11(15)13(17)14-10-6-2-3-8-12(10)16/h10-12,16H,2-9H2,1H3,(H,14,17)/t10-,11?,12-/m1/s1. The first-order chi connectivity index (χ1) is 9.39. The average Bonchev–Trinajstić information content (AvgIpc) is 2.40. The fraction of sp³-hybridized carbons (Fsp3) is 0.923. The molecule has 0 bridgehead atoms. The second kappa shape index (κ2) is 6.41. The Labute approximate surface area is 120 Å². The molecule has 0 spiro atoms. The van der Waals surface area contributed by atoms with Crippen molar-refractivity contribution in [3.8, 4) is 0 Å². The molecule has 2 aliphatic rings. The molecule has 20 heavy (non-hydrogen) atoms. The molecule has 7 heteroatoms. The number of aliphatic hydroxyl groups excluding tert-OH is 1. The maximum Gasteiger partial charge on any atom is 0.238 e. The highest BCUT2D eigenvalue weighted by Gasteiger charge is 2.36. The van der Waals surface area contributed by atoms with E-state index in [0.29, 0.717) is 19.4 Å². The zero-order valence-electron chi connectivity index (χ0n) is 11.9. The molecule has 1 aliphatic carbocycles. The van der Waals surface area contributed by atoms with Crippen LogP contribution in [0.15, 0.2) is 0 Å². The van der Waals surface area contributed by atoms with Crippen molar-refractivity contribution in [2.75, 3.05) is 12.8 Å². The molecule has 6 nitrogen and oxygen atoms in total. The number of carbonyl (C=O) groups is 1. The van der Waals surface area contributed by atoms with E-state index in [1.165, 1.54) is 4.31 Å². The van der Waals surface area contributed by atoms with Crippen molar-refractivity contribution in [1.82, 2.24) is 9.62 Å². The first-order valence-electron chi connectivity index (χ1n) is 7.35. The summed E-state index contributed by atoms with van der Waals surface area (Å²) in [5.74, 6) is -0.263. The van der Waals surface area contributed by atoms with Crippen LogP contribution in [0.3, 0.4) is 0 Å². The number of aliphatic hydroxyl groups is 1. The van der Waals surface area contributed by atoms with Gasteiger partial charge in [0.15, 0.2) is 0 Å². The Balaban J connectivity index is 2.02. The lowest BCUT2D eigenvalue weighted by molar-refractivity contribution is -0.127. The van der Waals surface area contributed by atoms with Gasteiger partial charge in [0, 0.05) is 6.54 Å². The van der Waals surface area contributed by atoms with E-state index < -0.39 is 22.2 Å². The number of nitrogens with zero attached hydrogens (tertiary/aromatic N) is 1. The molecule has 0 aromatic rings. The molecule has 0 radical (unpaired) electrons. The van der Waals surface area contributed by atoms with E-state index in [-0.39, 0.29) is 11.9 Å². The van der Waals surface area contributed by atoms with E-state index in [2.05, 4.69) is 5.32 Å². The molecule has 1 amide bonds. The van der Waals surface area contributed by atoms with Crippen LogP contribution in [0.1, 0.15) is 44.9 Å². The highest BCUT2D eigenvalue weighted by atomic mass is 32.2. The van der Waals surface area contributed by atoms with Gasteiger partial charge < -0.3 is 10.4 Å². The Morgan fingerprint density at radius 1 is 1.15 bits per heavy atom. The maximum atomic E-state index is 12.3. The zero-order valence-corrected chi connectivity index (χ0v) is 12.7. The molecule has 2 N–H and O–H groups in total. The van der Waals surface area contributed by atoms with Crippen molar-refractivity contribution >= 4 is 15.9 Å². The minimum Gasteiger partial charge on any atom is -0.391 e. The molecule has 0 aromatic carbocycles. The summed E-state index contributed by atoms with van der Waals surface area (Å²) in [6, 6.07) is -0.854. The lowest BCUT2D eigenvalue weighted by atomic mass is 9.92. The van der Waals surface area contributed by atoms with Gasteiger partial charge in [-0.1, -0.05) is 19.3 Å².